The van der Waals surface area contributed by atoms with Crippen LogP contribution in [-0.4, -0.2) is 61.4 Å². The minimum atomic E-state index is -0.144. The largest absolute Gasteiger partial charge is 0.355 e. The molecular formula is C21H25ClN4O2. The van der Waals surface area contributed by atoms with Crippen LogP contribution in [0.4, 0.5) is 5.69 Å². The fraction of sp³-hybridized carbons (Fsp3) is 0.333. The Morgan fingerprint density at radius 1 is 0.929 bits per heavy atom. The van der Waals surface area contributed by atoms with Gasteiger partial charge in [-0.05, 0) is 42.0 Å². The summed E-state index contributed by atoms with van der Waals surface area (Å²) in [5.41, 5.74) is 2.51. The van der Waals surface area contributed by atoms with Crippen molar-refractivity contribution in [1.82, 2.24) is 15.1 Å². The van der Waals surface area contributed by atoms with E-state index in [1.165, 1.54) is 5.56 Å². The number of anilines is 1. The molecule has 1 aliphatic heterocycles. The van der Waals surface area contributed by atoms with Crippen molar-refractivity contribution in [2.45, 2.75) is 6.54 Å². The van der Waals surface area contributed by atoms with Crippen LogP contribution in [0.1, 0.15) is 15.9 Å². The van der Waals surface area contributed by atoms with E-state index in [1.54, 1.807) is 31.3 Å². The number of nitrogens with one attached hydrogen (secondary N) is 2. The second-order valence-corrected chi connectivity index (χ2v) is 7.32. The molecule has 1 fully saturated rings. The number of carbonyl (C=O) groups excluding carboxylic acids is 2. The predicted octanol–water partition coefficient (Wildman–Crippen LogP) is 2.46. The van der Waals surface area contributed by atoms with Crippen molar-refractivity contribution in [3.05, 3.63) is 64.7 Å². The average Bonchev–Trinajstić information content (AvgIpc) is 2.71. The van der Waals surface area contributed by atoms with E-state index in [4.69, 9.17) is 11.6 Å². The van der Waals surface area contributed by atoms with Gasteiger partial charge in [0.1, 0.15) is 0 Å². The van der Waals surface area contributed by atoms with E-state index in [9.17, 15) is 9.59 Å². The normalized spacial score (nSPS) is 15.2. The van der Waals surface area contributed by atoms with Crippen LogP contribution in [0.5, 0.6) is 0 Å². The molecule has 0 atom stereocenters. The molecular weight excluding hydrogens is 376 g/mol. The first kappa shape index (κ1) is 20.3. The van der Waals surface area contributed by atoms with Gasteiger partial charge in [-0.3, -0.25) is 19.4 Å². The van der Waals surface area contributed by atoms with E-state index in [0.29, 0.717) is 17.8 Å². The van der Waals surface area contributed by atoms with E-state index in [0.717, 1.165) is 37.7 Å². The molecule has 1 saturated heterocycles. The predicted molar refractivity (Wildman–Crippen MR) is 112 cm³/mol. The molecule has 0 spiro atoms. The van der Waals surface area contributed by atoms with Crippen LogP contribution < -0.4 is 10.6 Å². The number of carbonyl (C=O) groups is 2. The van der Waals surface area contributed by atoms with E-state index in [1.807, 2.05) is 12.1 Å². The number of hydrogen-bond acceptors (Lipinski definition) is 4. The van der Waals surface area contributed by atoms with E-state index < -0.39 is 0 Å². The molecule has 0 bridgehead atoms. The first-order chi connectivity index (χ1) is 13.5. The number of halogens is 1. The van der Waals surface area contributed by atoms with Gasteiger partial charge in [0, 0.05) is 56.0 Å². The minimum Gasteiger partial charge on any atom is -0.355 e. The second kappa shape index (κ2) is 9.68. The molecule has 28 heavy (non-hydrogen) atoms. The molecule has 7 heteroatoms. The quantitative estimate of drug-likeness (QED) is 0.781. The maximum Gasteiger partial charge on any atom is 0.251 e. The topological polar surface area (TPSA) is 64.7 Å². The van der Waals surface area contributed by atoms with Gasteiger partial charge in [0.05, 0.1) is 6.54 Å². The summed E-state index contributed by atoms with van der Waals surface area (Å²) in [5.74, 6) is -0.187. The summed E-state index contributed by atoms with van der Waals surface area (Å²) >= 11 is 5.93. The molecule has 0 aliphatic carbocycles. The van der Waals surface area contributed by atoms with E-state index >= 15 is 0 Å². The molecule has 148 valence electrons. The standard InChI is InChI=1S/C21H25ClN4O2/c1-23-21(28)17-4-8-19(9-5-17)24-20(27)15-26-12-10-25(11-13-26)14-16-2-6-18(22)7-3-16/h2-9H,10-15H2,1H3,(H,23,28)(H,24,27). The lowest BCUT2D eigenvalue weighted by atomic mass is 10.2. The van der Waals surface area contributed by atoms with Gasteiger partial charge in [-0.1, -0.05) is 23.7 Å². The van der Waals surface area contributed by atoms with Gasteiger partial charge in [-0.25, -0.2) is 0 Å². The highest BCUT2D eigenvalue weighted by atomic mass is 35.5. The first-order valence-corrected chi connectivity index (χ1v) is 9.72. The summed E-state index contributed by atoms with van der Waals surface area (Å²) < 4.78 is 0. The van der Waals surface area contributed by atoms with Crippen LogP contribution in [0.2, 0.25) is 5.02 Å². The first-order valence-electron chi connectivity index (χ1n) is 9.34. The lowest BCUT2D eigenvalue weighted by Gasteiger charge is -2.34. The van der Waals surface area contributed by atoms with Gasteiger partial charge in [0.25, 0.3) is 5.91 Å². The van der Waals surface area contributed by atoms with Gasteiger partial charge in [0.15, 0.2) is 0 Å². The highest BCUT2D eigenvalue weighted by Gasteiger charge is 2.19. The highest BCUT2D eigenvalue weighted by molar-refractivity contribution is 6.30. The van der Waals surface area contributed by atoms with Crippen LogP contribution in [0.25, 0.3) is 0 Å². The zero-order chi connectivity index (χ0) is 19.9. The molecule has 3 rings (SSSR count). The molecule has 2 aromatic carbocycles. The number of rotatable bonds is 6. The Balaban J connectivity index is 1.42. The smallest absolute Gasteiger partial charge is 0.251 e. The molecule has 0 radical (unpaired) electrons. The molecule has 0 unspecified atom stereocenters. The number of amides is 2. The van der Waals surface area contributed by atoms with Crippen molar-refractivity contribution >= 4 is 29.1 Å². The van der Waals surface area contributed by atoms with Crippen molar-refractivity contribution < 1.29 is 9.59 Å². The number of piperazine rings is 1. The summed E-state index contributed by atoms with van der Waals surface area (Å²) in [6, 6.07) is 14.8. The number of hydrogen-bond donors (Lipinski definition) is 2. The Labute approximate surface area is 170 Å². The second-order valence-electron chi connectivity index (χ2n) is 6.88. The SMILES string of the molecule is CNC(=O)c1ccc(NC(=O)CN2CCN(Cc3ccc(Cl)cc3)CC2)cc1. The Morgan fingerprint density at radius 2 is 1.54 bits per heavy atom. The monoisotopic (exact) mass is 400 g/mol. The van der Waals surface area contributed by atoms with Crippen LogP contribution in [0, 0.1) is 0 Å². The van der Waals surface area contributed by atoms with E-state index in [-0.39, 0.29) is 11.8 Å². The van der Waals surface area contributed by atoms with Crippen LogP contribution in [0.3, 0.4) is 0 Å². The molecule has 2 N–H and O–H groups in total. The van der Waals surface area contributed by atoms with Crippen LogP contribution >= 0.6 is 11.6 Å². The molecule has 2 amide bonds. The third-order valence-electron chi connectivity index (χ3n) is 4.81. The van der Waals surface area contributed by atoms with Crippen molar-refractivity contribution in [3.63, 3.8) is 0 Å². The summed E-state index contributed by atoms with van der Waals surface area (Å²) in [7, 11) is 1.59. The molecule has 0 aromatic heterocycles. The fourth-order valence-electron chi connectivity index (χ4n) is 3.21. The van der Waals surface area contributed by atoms with Gasteiger partial charge in [0.2, 0.25) is 5.91 Å². The zero-order valence-electron chi connectivity index (χ0n) is 16.0. The highest BCUT2D eigenvalue weighted by Crippen LogP contribution is 2.13. The summed E-state index contributed by atoms with van der Waals surface area (Å²) in [6.45, 7) is 4.83. The third kappa shape index (κ3) is 5.79. The summed E-state index contributed by atoms with van der Waals surface area (Å²) in [5, 5.41) is 6.22. The Hall–Kier alpha value is -2.41. The average molecular weight is 401 g/mol. The van der Waals surface area contributed by atoms with Gasteiger partial charge in [-0.15, -0.1) is 0 Å². The molecule has 2 aromatic rings. The third-order valence-corrected chi connectivity index (χ3v) is 5.06. The molecule has 6 nitrogen and oxygen atoms in total. The van der Waals surface area contributed by atoms with Crippen molar-refractivity contribution in [2.24, 2.45) is 0 Å². The van der Waals surface area contributed by atoms with Gasteiger partial charge < -0.3 is 10.6 Å². The molecule has 1 aliphatic rings. The van der Waals surface area contributed by atoms with Crippen LogP contribution in [-0.2, 0) is 11.3 Å². The number of nitrogens with zero attached hydrogens (tertiary/aromatic N) is 2. The fourth-order valence-corrected chi connectivity index (χ4v) is 3.33. The van der Waals surface area contributed by atoms with Crippen molar-refractivity contribution in [1.29, 1.82) is 0 Å². The Morgan fingerprint density at radius 3 is 2.14 bits per heavy atom. The lowest BCUT2D eigenvalue weighted by Crippen LogP contribution is -2.48. The molecule has 0 saturated carbocycles. The Kier molecular flexibility index (Phi) is 7.03. The lowest BCUT2D eigenvalue weighted by molar-refractivity contribution is -0.117. The van der Waals surface area contributed by atoms with Crippen molar-refractivity contribution in [2.75, 3.05) is 45.1 Å². The summed E-state index contributed by atoms with van der Waals surface area (Å²) in [4.78, 5) is 28.4. The summed E-state index contributed by atoms with van der Waals surface area (Å²) in [6.07, 6.45) is 0. The molecule has 1 heterocycles. The van der Waals surface area contributed by atoms with Gasteiger partial charge in [-0.2, -0.15) is 0 Å². The maximum atomic E-state index is 12.3. The van der Waals surface area contributed by atoms with Crippen LogP contribution in [0.15, 0.2) is 48.5 Å². The number of benzene rings is 2. The van der Waals surface area contributed by atoms with Gasteiger partial charge >= 0.3 is 0 Å². The van der Waals surface area contributed by atoms with E-state index in [2.05, 4.69) is 32.6 Å². The minimum absolute atomic E-state index is 0.0427. The zero-order valence-corrected chi connectivity index (χ0v) is 16.7. The van der Waals surface area contributed by atoms with Crippen molar-refractivity contribution in [3.8, 4) is 0 Å². The maximum absolute atomic E-state index is 12.3. The Bertz CT molecular complexity index is 800.